The van der Waals surface area contributed by atoms with Crippen LogP contribution in [0.15, 0.2) is 53.8 Å². The predicted molar refractivity (Wildman–Crippen MR) is 157 cm³/mol. The number of benzene rings is 2. The number of nitrogens with zero attached hydrogens (tertiary/aromatic N) is 4. The highest BCUT2D eigenvalue weighted by Crippen LogP contribution is 2.37. The Morgan fingerprint density at radius 2 is 1.90 bits per heavy atom. The number of rotatable bonds is 7. The molecule has 3 heterocycles. The van der Waals surface area contributed by atoms with E-state index < -0.39 is 11.8 Å². The fraction of sp³-hybridized carbons (Fsp3) is 0.310. The molecule has 0 bridgehead atoms. The molecule has 2 N–H and O–H groups in total. The molecule has 2 aromatic carbocycles. The van der Waals surface area contributed by atoms with Crippen molar-refractivity contribution in [2.45, 2.75) is 44.3 Å². The molecule has 5 rings (SSSR count). The Hall–Kier alpha value is -3.65. The first-order chi connectivity index (χ1) is 19.4. The van der Waals surface area contributed by atoms with Gasteiger partial charge in [-0.1, -0.05) is 41.9 Å². The number of carbonyl (C=O) groups is 2. The molecule has 1 saturated heterocycles. The first-order valence-corrected chi connectivity index (χ1v) is 14.2. The SMILES string of the molecule is C#CC.O=C(CSc1ncnc2c1CNC(=O)N2c1ccc(F)cc1Cl)Nc1ccc(CN2CCCCC2)cc1. The molecule has 3 aromatic rings. The van der Waals surface area contributed by atoms with Gasteiger partial charge in [0.15, 0.2) is 5.82 Å². The van der Waals surface area contributed by atoms with E-state index in [-0.39, 0.29) is 23.2 Å². The van der Waals surface area contributed by atoms with Gasteiger partial charge in [0.25, 0.3) is 0 Å². The number of urea groups is 1. The first kappa shape index (κ1) is 29.3. The number of amides is 3. The van der Waals surface area contributed by atoms with Crippen molar-refractivity contribution < 1.29 is 14.0 Å². The summed E-state index contributed by atoms with van der Waals surface area (Å²) in [5.74, 6) is 2.05. The highest BCUT2D eigenvalue weighted by molar-refractivity contribution is 8.00. The number of fused-ring (bicyclic) bond motifs is 1. The first-order valence-electron chi connectivity index (χ1n) is 12.9. The molecule has 3 amide bonds. The van der Waals surface area contributed by atoms with E-state index in [0.29, 0.717) is 22.1 Å². The van der Waals surface area contributed by atoms with Crippen LogP contribution < -0.4 is 15.5 Å². The van der Waals surface area contributed by atoms with Crippen LogP contribution in [-0.4, -0.2) is 45.6 Å². The van der Waals surface area contributed by atoms with Gasteiger partial charge >= 0.3 is 6.03 Å². The van der Waals surface area contributed by atoms with Crippen LogP contribution in [0.3, 0.4) is 0 Å². The van der Waals surface area contributed by atoms with E-state index in [2.05, 4.69) is 50.0 Å². The van der Waals surface area contributed by atoms with Crippen molar-refractivity contribution in [3.05, 3.63) is 70.8 Å². The van der Waals surface area contributed by atoms with E-state index in [1.165, 1.54) is 59.9 Å². The second kappa shape index (κ2) is 14.1. The van der Waals surface area contributed by atoms with Gasteiger partial charge < -0.3 is 10.6 Å². The van der Waals surface area contributed by atoms with E-state index in [1.807, 2.05) is 12.1 Å². The Morgan fingerprint density at radius 1 is 1.18 bits per heavy atom. The van der Waals surface area contributed by atoms with E-state index in [0.717, 1.165) is 31.4 Å². The predicted octanol–water partition coefficient (Wildman–Crippen LogP) is 5.99. The van der Waals surface area contributed by atoms with Crippen molar-refractivity contribution in [3.8, 4) is 12.3 Å². The minimum atomic E-state index is -0.507. The number of terminal acetylenes is 1. The van der Waals surface area contributed by atoms with E-state index in [1.54, 1.807) is 6.92 Å². The van der Waals surface area contributed by atoms with Crippen molar-refractivity contribution in [1.82, 2.24) is 20.2 Å². The molecule has 40 heavy (non-hydrogen) atoms. The lowest BCUT2D eigenvalue weighted by Gasteiger charge is -2.30. The van der Waals surface area contributed by atoms with Gasteiger partial charge in [-0.25, -0.2) is 24.1 Å². The summed E-state index contributed by atoms with van der Waals surface area (Å²) >= 11 is 7.46. The van der Waals surface area contributed by atoms with Gasteiger partial charge in [0, 0.05) is 17.8 Å². The van der Waals surface area contributed by atoms with Crippen molar-refractivity contribution >= 4 is 52.5 Å². The minimum absolute atomic E-state index is 0.0807. The van der Waals surface area contributed by atoms with Crippen molar-refractivity contribution in [3.63, 3.8) is 0 Å². The second-order valence-electron chi connectivity index (χ2n) is 9.23. The summed E-state index contributed by atoms with van der Waals surface area (Å²) in [5, 5.41) is 6.35. The summed E-state index contributed by atoms with van der Waals surface area (Å²) in [5.41, 5.74) is 2.93. The molecule has 11 heteroatoms. The summed E-state index contributed by atoms with van der Waals surface area (Å²) in [6.45, 7) is 5.06. The number of piperidine rings is 1. The van der Waals surface area contributed by atoms with Crippen LogP contribution >= 0.6 is 23.4 Å². The largest absolute Gasteiger partial charge is 0.333 e. The zero-order valence-corrected chi connectivity index (χ0v) is 23.7. The molecular weight excluding hydrogens is 551 g/mol. The summed E-state index contributed by atoms with van der Waals surface area (Å²) in [4.78, 5) is 37.6. The fourth-order valence-corrected chi connectivity index (χ4v) is 5.54. The summed E-state index contributed by atoms with van der Waals surface area (Å²) in [7, 11) is 0. The fourth-order valence-electron chi connectivity index (χ4n) is 4.48. The maximum atomic E-state index is 13.5. The molecule has 2 aliphatic rings. The monoisotopic (exact) mass is 580 g/mol. The summed E-state index contributed by atoms with van der Waals surface area (Å²) < 4.78 is 13.5. The van der Waals surface area contributed by atoms with Gasteiger partial charge in [0.2, 0.25) is 5.91 Å². The highest BCUT2D eigenvalue weighted by Gasteiger charge is 2.30. The number of thioether (sulfide) groups is 1. The molecule has 1 aromatic heterocycles. The van der Waals surface area contributed by atoms with Crippen LogP contribution in [0, 0.1) is 18.2 Å². The molecule has 2 aliphatic heterocycles. The standard InChI is InChI=1S/C26H26ClFN6O2S.C3H4/c27-21-12-18(28)6-9-22(21)34-24-20(13-29-26(34)36)25(31-16-30-24)37-15-23(35)32-19-7-4-17(5-8-19)14-33-10-2-1-3-11-33;1-3-2/h4-9,12,16H,1-3,10-11,13-15H2,(H,29,36)(H,32,35);1H,2H3. The molecule has 0 saturated carbocycles. The van der Waals surface area contributed by atoms with Gasteiger partial charge in [-0.2, -0.15) is 0 Å². The van der Waals surface area contributed by atoms with Gasteiger partial charge in [-0.3, -0.25) is 9.69 Å². The molecule has 0 spiro atoms. The maximum absolute atomic E-state index is 13.5. The average molecular weight is 581 g/mol. The minimum Gasteiger partial charge on any atom is -0.333 e. The zero-order chi connectivity index (χ0) is 28.5. The molecular formula is C29H30ClFN6O2S. The Labute approximate surface area is 242 Å². The smallest absolute Gasteiger partial charge is 0.328 e. The van der Waals surface area contributed by atoms with Crippen molar-refractivity contribution in [2.24, 2.45) is 0 Å². The lowest BCUT2D eigenvalue weighted by atomic mass is 10.1. The van der Waals surface area contributed by atoms with Crippen LogP contribution in [0.5, 0.6) is 0 Å². The molecule has 1 fully saturated rings. The number of aromatic nitrogens is 2. The molecule has 0 unspecified atom stereocenters. The number of carbonyl (C=O) groups excluding carboxylic acids is 2. The number of hydrogen-bond acceptors (Lipinski definition) is 6. The Bertz CT molecular complexity index is 1390. The Morgan fingerprint density at radius 3 is 2.60 bits per heavy atom. The lowest BCUT2D eigenvalue weighted by molar-refractivity contribution is -0.113. The number of halogens is 2. The van der Waals surface area contributed by atoms with Crippen LogP contribution in [0.4, 0.5) is 26.4 Å². The van der Waals surface area contributed by atoms with E-state index in [9.17, 15) is 14.0 Å². The van der Waals surface area contributed by atoms with Crippen LogP contribution in [-0.2, 0) is 17.9 Å². The molecule has 0 atom stereocenters. The molecule has 8 nitrogen and oxygen atoms in total. The normalized spacial score (nSPS) is 14.8. The number of anilines is 3. The third-order valence-corrected chi connectivity index (χ3v) is 7.63. The van der Waals surface area contributed by atoms with Crippen molar-refractivity contribution in [2.75, 3.05) is 29.1 Å². The highest BCUT2D eigenvalue weighted by atomic mass is 35.5. The van der Waals surface area contributed by atoms with E-state index >= 15 is 0 Å². The van der Waals surface area contributed by atoms with Gasteiger partial charge in [-0.15, -0.1) is 12.3 Å². The third kappa shape index (κ3) is 7.50. The third-order valence-electron chi connectivity index (χ3n) is 6.30. The topological polar surface area (TPSA) is 90.5 Å². The van der Waals surface area contributed by atoms with Gasteiger partial charge in [0.05, 0.1) is 23.0 Å². The Kier molecular flexibility index (Phi) is 10.4. The summed E-state index contributed by atoms with van der Waals surface area (Å²) in [6, 6.07) is 11.3. The molecule has 0 aliphatic carbocycles. The van der Waals surface area contributed by atoms with Gasteiger partial charge in [0.1, 0.15) is 17.2 Å². The van der Waals surface area contributed by atoms with Gasteiger partial charge in [-0.05, 0) is 68.8 Å². The zero-order valence-electron chi connectivity index (χ0n) is 22.1. The van der Waals surface area contributed by atoms with E-state index in [4.69, 9.17) is 11.6 Å². The van der Waals surface area contributed by atoms with Crippen LogP contribution in [0.2, 0.25) is 5.02 Å². The number of likely N-dealkylation sites (tertiary alicyclic amines) is 1. The van der Waals surface area contributed by atoms with Crippen LogP contribution in [0.25, 0.3) is 0 Å². The van der Waals surface area contributed by atoms with Crippen molar-refractivity contribution in [1.29, 1.82) is 0 Å². The summed E-state index contributed by atoms with van der Waals surface area (Å²) in [6.07, 6.45) is 9.76. The quantitative estimate of drug-likeness (QED) is 0.203. The molecule has 208 valence electrons. The number of nitrogens with one attached hydrogen (secondary N) is 2. The average Bonchev–Trinajstić information content (AvgIpc) is 2.94. The van der Waals surface area contributed by atoms with Crippen LogP contribution in [0.1, 0.15) is 37.3 Å². The number of hydrogen-bond donors (Lipinski definition) is 2. The molecule has 0 radical (unpaired) electrons. The second-order valence-corrected chi connectivity index (χ2v) is 10.6. The lowest BCUT2D eigenvalue weighted by Crippen LogP contribution is -2.42. The Balaban J connectivity index is 0.00000118. The maximum Gasteiger partial charge on any atom is 0.328 e.